The summed E-state index contributed by atoms with van der Waals surface area (Å²) in [6.45, 7) is 0. The molecule has 0 aliphatic heterocycles. The Morgan fingerprint density at radius 1 is 1.00 bits per heavy atom. The molecule has 0 saturated carbocycles. The van der Waals surface area contributed by atoms with E-state index in [1.54, 1.807) is 0 Å². The lowest BCUT2D eigenvalue weighted by Gasteiger charge is -2.11. The van der Waals surface area contributed by atoms with E-state index in [9.17, 15) is 8.42 Å². The lowest BCUT2D eigenvalue weighted by molar-refractivity contribution is 0.597. The van der Waals surface area contributed by atoms with Crippen LogP contribution in [0, 0.1) is 0 Å². The van der Waals surface area contributed by atoms with Gasteiger partial charge in [-0.2, -0.15) is 4.40 Å². The van der Waals surface area contributed by atoms with Crippen molar-refractivity contribution < 1.29 is 8.42 Å². The lowest BCUT2D eigenvalue weighted by Crippen LogP contribution is -2.08. The fourth-order valence-corrected chi connectivity index (χ4v) is 2.83. The molecule has 0 radical (unpaired) electrons. The third-order valence-electron chi connectivity index (χ3n) is 3.26. The van der Waals surface area contributed by atoms with Crippen LogP contribution in [0.2, 0.25) is 0 Å². The maximum atomic E-state index is 11.9. The zero-order valence-electron chi connectivity index (χ0n) is 12.8. The molecule has 0 N–H and O–H groups in total. The molecule has 2 rings (SSSR count). The quantitative estimate of drug-likeness (QED) is 0.770. The fourth-order valence-electron chi connectivity index (χ4n) is 1.94. The number of hydrogen-bond donors (Lipinski definition) is 0. The van der Waals surface area contributed by atoms with Crippen molar-refractivity contribution in [3.63, 3.8) is 0 Å². The van der Waals surface area contributed by atoms with Crippen LogP contribution in [0.5, 0.6) is 0 Å². The van der Waals surface area contributed by atoms with Crippen LogP contribution in [0.1, 0.15) is 11.1 Å². The molecule has 116 valence electrons. The molecular formula is C17H20N2O2S. The first-order chi connectivity index (χ1) is 10.5. The molecular weight excluding hydrogens is 296 g/mol. The minimum Gasteiger partial charge on any atom is -0.378 e. The van der Waals surface area contributed by atoms with E-state index in [2.05, 4.69) is 4.40 Å². The maximum absolute atomic E-state index is 11.9. The van der Waals surface area contributed by atoms with Crippen LogP contribution in [-0.4, -0.2) is 34.5 Å². The van der Waals surface area contributed by atoms with Gasteiger partial charge >= 0.3 is 0 Å². The van der Waals surface area contributed by atoms with Crippen molar-refractivity contribution in [2.45, 2.75) is 6.42 Å². The predicted molar refractivity (Wildman–Crippen MR) is 92.3 cm³/mol. The van der Waals surface area contributed by atoms with Crippen LogP contribution in [0.25, 0.3) is 0 Å². The second-order valence-electron chi connectivity index (χ2n) is 5.24. The highest BCUT2D eigenvalue weighted by Gasteiger charge is 2.07. The number of aryl methyl sites for hydroxylation is 1. The van der Waals surface area contributed by atoms with Crippen molar-refractivity contribution in [2.75, 3.05) is 24.7 Å². The zero-order chi connectivity index (χ0) is 16.0. The van der Waals surface area contributed by atoms with Gasteiger partial charge in [-0.3, -0.25) is 0 Å². The molecule has 0 atom stereocenters. The topological polar surface area (TPSA) is 49.7 Å². The van der Waals surface area contributed by atoms with Crippen molar-refractivity contribution in [1.82, 2.24) is 0 Å². The summed E-state index contributed by atoms with van der Waals surface area (Å²) in [6.07, 6.45) is 1.87. The molecule has 0 bridgehead atoms. The summed E-state index contributed by atoms with van der Waals surface area (Å²) >= 11 is 0. The molecule has 0 spiro atoms. The molecule has 0 fully saturated rings. The highest BCUT2D eigenvalue weighted by atomic mass is 32.2. The Kier molecular flexibility index (Phi) is 5.33. The summed E-state index contributed by atoms with van der Waals surface area (Å²) in [4.78, 5) is 1.98. The Balaban J connectivity index is 1.98. The van der Waals surface area contributed by atoms with Crippen molar-refractivity contribution in [3.05, 3.63) is 65.7 Å². The van der Waals surface area contributed by atoms with Gasteiger partial charge in [0.25, 0.3) is 10.0 Å². The van der Waals surface area contributed by atoms with E-state index < -0.39 is 10.0 Å². The minimum atomic E-state index is -3.45. The average molecular weight is 316 g/mol. The summed E-state index contributed by atoms with van der Waals surface area (Å²) in [5, 5.41) is 0. The molecule has 0 heterocycles. The van der Waals surface area contributed by atoms with Gasteiger partial charge in [0.15, 0.2) is 0 Å². The summed E-state index contributed by atoms with van der Waals surface area (Å²) in [6, 6.07) is 17.1. The third-order valence-corrected chi connectivity index (χ3v) is 4.41. The Bertz CT molecular complexity index is 721. The first kappa shape index (κ1) is 16.2. The van der Waals surface area contributed by atoms with Gasteiger partial charge in [0.2, 0.25) is 0 Å². The molecule has 4 nitrogen and oxygen atoms in total. The standard InChI is InChI=1S/C17H20N2O2S/c1-19(2)17-10-8-16(9-11-17)14-18-22(20,21)13-12-15-6-4-3-5-7-15/h3-11,14H,12-13H2,1-2H3. The minimum absolute atomic E-state index is 0.0172. The molecule has 22 heavy (non-hydrogen) atoms. The van der Waals surface area contributed by atoms with Crippen molar-refractivity contribution in [3.8, 4) is 0 Å². The fraction of sp³-hybridized carbons (Fsp3) is 0.235. The molecule has 0 saturated heterocycles. The van der Waals surface area contributed by atoms with Gasteiger partial charge < -0.3 is 4.90 Å². The molecule has 5 heteroatoms. The van der Waals surface area contributed by atoms with Crippen LogP contribution in [0.3, 0.4) is 0 Å². The summed E-state index contributed by atoms with van der Waals surface area (Å²) in [7, 11) is 0.466. The van der Waals surface area contributed by atoms with E-state index in [1.807, 2.05) is 73.6 Å². The number of nitrogens with zero attached hydrogens (tertiary/aromatic N) is 2. The SMILES string of the molecule is CN(C)c1ccc(C=NS(=O)(=O)CCc2ccccc2)cc1. The molecule has 0 unspecified atom stereocenters. The van der Waals surface area contributed by atoms with Crippen molar-refractivity contribution in [1.29, 1.82) is 0 Å². The van der Waals surface area contributed by atoms with Gasteiger partial charge in [-0.05, 0) is 29.7 Å². The van der Waals surface area contributed by atoms with Gasteiger partial charge in [0.1, 0.15) is 0 Å². The second kappa shape index (κ2) is 7.22. The first-order valence-corrected chi connectivity index (χ1v) is 8.66. The predicted octanol–water partition coefficient (Wildman–Crippen LogP) is 2.74. The monoisotopic (exact) mass is 316 g/mol. The Labute approximate surface area is 132 Å². The molecule has 0 aromatic heterocycles. The van der Waals surface area contributed by atoms with E-state index in [0.717, 1.165) is 16.8 Å². The van der Waals surface area contributed by atoms with Crippen LogP contribution in [0.15, 0.2) is 59.0 Å². The highest BCUT2D eigenvalue weighted by Crippen LogP contribution is 2.11. The molecule has 2 aromatic carbocycles. The second-order valence-corrected chi connectivity index (χ2v) is 7.03. The number of sulfonamides is 1. The summed E-state index contributed by atoms with van der Waals surface area (Å²) in [5.41, 5.74) is 2.83. The maximum Gasteiger partial charge on any atom is 0.253 e. The summed E-state index contributed by atoms with van der Waals surface area (Å²) < 4.78 is 27.6. The Hall–Kier alpha value is -2.14. The lowest BCUT2D eigenvalue weighted by atomic mass is 10.2. The van der Waals surface area contributed by atoms with Gasteiger partial charge in [0, 0.05) is 26.0 Å². The molecule has 2 aromatic rings. The third kappa shape index (κ3) is 5.00. The largest absolute Gasteiger partial charge is 0.378 e. The van der Waals surface area contributed by atoms with E-state index >= 15 is 0 Å². The van der Waals surface area contributed by atoms with Crippen LogP contribution in [-0.2, 0) is 16.4 Å². The average Bonchev–Trinajstić information content (AvgIpc) is 2.53. The van der Waals surface area contributed by atoms with Gasteiger partial charge in [0.05, 0.1) is 5.75 Å². The molecule has 0 aliphatic rings. The first-order valence-electron chi connectivity index (χ1n) is 7.06. The normalized spacial score (nSPS) is 11.7. The number of benzene rings is 2. The number of rotatable bonds is 6. The van der Waals surface area contributed by atoms with Crippen LogP contribution in [0.4, 0.5) is 5.69 Å². The van der Waals surface area contributed by atoms with Crippen LogP contribution >= 0.6 is 0 Å². The van der Waals surface area contributed by atoms with Crippen molar-refractivity contribution >= 4 is 21.9 Å². The van der Waals surface area contributed by atoms with E-state index in [0.29, 0.717) is 6.42 Å². The van der Waals surface area contributed by atoms with Crippen molar-refractivity contribution in [2.24, 2.45) is 4.40 Å². The smallest absolute Gasteiger partial charge is 0.253 e. The summed E-state index contributed by atoms with van der Waals surface area (Å²) in [5.74, 6) is 0.0172. The molecule has 0 amide bonds. The van der Waals surface area contributed by atoms with Crippen LogP contribution < -0.4 is 4.90 Å². The van der Waals surface area contributed by atoms with E-state index in [1.165, 1.54) is 6.21 Å². The van der Waals surface area contributed by atoms with Gasteiger partial charge in [-0.15, -0.1) is 0 Å². The zero-order valence-corrected chi connectivity index (χ0v) is 13.6. The Morgan fingerprint density at radius 2 is 1.64 bits per heavy atom. The molecule has 0 aliphatic carbocycles. The van der Waals surface area contributed by atoms with E-state index in [4.69, 9.17) is 0 Å². The number of anilines is 1. The highest BCUT2D eigenvalue weighted by molar-refractivity contribution is 7.90. The number of hydrogen-bond acceptors (Lipinski definition) is 3. The van der Waals surface area contributed by atoms with Gasteiger partial charge in [-0.25, -0.2) is 8.42 Å². The Morgan fingerprint density at radius 3 is 2.23 bits per heavy atom. The van der Waals surface area contributed by atoms with Gasteiger partial charge in [-0.1, -0.05) is 42.5 Å². The van der Waals surface area contributed by atoms with E-state index in [-0.39, 0.29) is 5.75 Å².